The fourth-order valence-corrected chi connectivity index (χ4v) is 2.77. The van der Waals surface area contributed by atoms with Crippen molar-refractivity contribution in [3.63, 3.8) is 0 Å². The Morgan fingerprint density at radius 1 is 1.29 bits per heavy atom. The Labute approximate surface area is 129 Å². The number of benzene rings is 1. The number of aliphatic carboxylic acids is 1. The maximum absolute atomic E-state index is 10.7. The molecule has 0 saturated heterocycles. The smallest absolute Gasteiger partial charge is 0.313 e. The molecule has 112 valence electrons. The van der Waals surface area contributed by atoms with E-state index in [2.05, 4.69) is 37.9 Å². The van der Waals surface area contributed by atoms with Gasteiger partial charge in [0.05, 0.1) is 11.4 Å². The minimum Gasteiger partial charge on any atom is -0.481 e. The Hall–Kier alpha value is -1.75. The second-order valence-corrected chi connectivity index (χ2v) is 6.96. The Bertz CT molecular complexity index is 639. The van der Waals surface area contributed by atoms with Crippen LogP contribution in [-0.4, -0.2) is 26.4 Å². The van der Waals surface area contributed by atoms with Gasteiger partial charge in [-0.3, -0.25) is 9.36 Å². The quantitative estimate of drug-likeness (QED) is 0.876. The van der Waals surface area contributed by atoms with E-state index in [1.165, 1.54) is 17.3 Å². The number of rotatable bonds is 4. The van der Waals surface area contributed by atoms with E-state index in [0.717, 1.165) is 11.4 Å². The van der Waals surface area contributed by atoms with Crippen LogP contribution in [0.4, 0.5) is 0 Å². The Morgan fingerprint density at radius 3 is 2.43 bits per heavy atom. The monoisotopic (exact) mass is 304 g/mol. The third-order valence-electron chi connectivity index (χ3n) is 3.13. The zero-order chi connectivity index (χ0) is 15.6. The third-order valence-corrected chi connectivity index (χ3v) is 4.07. The normalized spacial score (nSPS) is 11.6. The molecule has 1 N–H and O–H groups in total. The first-order valence-electron chi connectivity index (χ1n) is 6.79. The van der Waals surface area contributed by atoms with Gasteiger partial charge in [-0.15, -0.1) is 0 Å². The predicted molar refractivity (Wildman–Crippen MR) is 85.4 cm³/mol. The largest absolute Gasteiger partial charge is 0.481 e. The molecule has 1 aromatic carbocycles. The van der Waals surface area contributed by atoms with E-state index in [9.17, 15) is 4.79 Å². The molecule has 4 nitrogen and oxygen atoms in total. The highest BCUT2D eigenvalue weighted by atomic mass is 32.2. The van der Waals surface area contributed by atoms with Gasteiger partial charge < -0.3 is 5.11 Å². The summed E-state index contributed by atoms with van der Waals surface area (Å²) in [4.78, 5) is 15.1. The van der Waals surface area contributed by atoms with Gasteiger partial charge in [0.2, 0.25) is 0 Å². The molecular formula is C16H20N2O2S. The fourth-order valence-electron chi connectivity index (χ4n) is 2.01. The van der Waals surface area contributed by atoms with Crippen molar-refractivity contribution in [2.45, 2.75) is 38.3 Å². The lowest BCUT2D eigenvalue weighted by molar-refractivity contribution is -0.133. The molecule has 0 fully saturated rings. The summed E-state index contributed by atoms with van der Waals surface area (Å²) in [5, 5.41) is 9.52. The van der Waals surface area contributed by atoms with Crippen LogP contribution in [0.15, 0.2) is 35.6 Å². The number of hydrogen-bond acceptors (Lipinski definition) is 3. The van der Waals surface area contributed by atoms with Crippen molar-refractivity contribution in [3.05, 3.63) is 41.7 Å². The molecule has 21 heavy (non-hydrogen) atoms. The van der Waals surface area contributed by atoms with Crippen LogP contribution in [0.2, 0.25) is 0 Å². The van der Waals surface area contributed by atoms with Gasteiger partial charge in [-0.25, -0.2) is 4.98 Å². The minimum atomic E-state index is -0.838. The summed E-state index contributed by atoms with van der Waals surface area (Å²) >= 11 is 1.23. The predicted octanol–water partition coefficient (Wildman–Crippen LogP) is 3.65. The lowest BCUT2D eigenvalue weighted by Gasteiger charge is -2.19. The summed E-state index contributed by atoms with van der Waals surface area (Å²) in [6, 6.07) is 8.31. The number of imidazole rings is 1. The molecule has 0 aliphatic carbocycles. The van der Waals surface area contributed by atoms with Gasteiger partial charge in [-0.2, -0.15) is 0 Å². The number of thioether (sulfide) groups is 1. The van der Waals surface area contributed by atoms with Crippen molar-refractivity contribution >= 4 is 17.7 Å². The molecule has 0 spiro atoms. The molecule has 2 aromatic rings. The first-order valence-corrected chi connectivity index (χ1v) is 7.77. The highest BCUT2D eigenvalue weighted by Crippen LogP contribution is 2.26. The van der Waals surface area contributed by atoms with E-state index in [1.54, 1.807) is 0 Å². The van der Waals surface area contributed by atoms with Gasteiger partial charge >= 0.3 is 5.97 Å². The van der Waals surface area contributed by atoms with Gasteiger partial charge in [0.15, 0.2) is 5.16 Å². The van der Waals surface area contributed by atoms with Crippen LogP contribution in [-0.2, 0) is 10.2 Å². The molecule has 5 heteroatoms. The highest BCUT2D eigenvalue weighted by molar-refractivity contribution is 7.99. The van der Waals surface area contributed by atoms with Gasteiger partial charge in [0.1, 0.15) is 0 Å². The van der Waals surface area contributed by atoms with Crippen molar-refractivity contribution in [2.75, 3.05) is 5.75 Å². The Kier molecular flexibility index (Phi) is 4.42. The van der Waals surface area contributed by atoms with E-state index in [-0.39, 0.29) is 11.2 Å². The molecule has 1 heterocycles. The molecule has 0 radical (unpaired) electrons. The number of carbonyl (C=O) groups is 1. The molecule has 0 unspecified atom stereocenters. The standard InChI is InChI=1S/C16H20N2O2S/c1-11-9-18(15(17-11)21-10-14(19)20)13-7-5-12(6-8-13)16(2,3)4/h5-9H,10H2,1-4H3,(H,19,20). The zero-order valence-electron chi connectivity index (χ0n) is 12.8. The van der Waals surface area contributed by atoms with Crippen LogP contribution < -0.4 is 0 Å². The van der Waals surface area contributed by atoms with Crippen molar-refractivity contribution in [2.24, 2.45) is 0 Å². The van der Waals surface area contributed by atoms with Crippen LogP contribution in [0.5, 0.6) is 0 Å². The summed E-state index contributed by atoms with van der Waals surface area (Å²) in [7, 11) is 0. The maximum atomic E-state index is 10.7. The number of aromatic nitrogens is 2. The lowest BCUT2D eigenvalue weighted by Crippen LogP contribution is -2.10. The van der Waals surface area contributed by atoms with Crippen LogP contribution in [0, 0.1) is 6.92 Å². The fraction of sp³-hybridized carbons (Fsp3) is 0.375. The zero-order valence-corrected chi connectivity index (χ0v) is 13.6. The van der Waals surface area contributed by atoms with Crippen molar-refractivity contribution < 1.29 is 9.90 Å². The topological polar surface area (TPSA) is 55.1 Å². The van der Waals surface area contributed by atoms with E-state index in [4.69, 9.17) is 5.11 Å². The molecule has 0 atom stereocenters. The Balaban J connectivity index is 2.31. The van der Waals surface area contributed by atoms with Gasteiger partial charge in [0, 0.05) is 11.9 Å². The third kappa shape index (κ3) is 3.88. The summed E-state index contributed by atoms with van der Waals surface area (Å²) in [5.74, 6) is -0.827. The molecule has 1 aromatic heterocycles. The molecular weight excluding hydrogens is 284 g/mol. The minimum absolute atomic E-state index is 0.0104. The summed E-state index contributed by atoms with van der Waals surface area (Å²) in [5.41, 5.74) is 3.26. The van der Waals surface area contributed by atoms with Crippen LogP contribution in [0.25, 0.3) is 5.69 Å². The lowest BCUT2D eigenvalue weighted by atomic mass is 9.87. The maximum Gasteiger partial charge on any atom is 0.313 e. The molecule has 0 aliphatic rings. The number of nitrogens with zero attached hydrogens (tertiary/aromatic N) is 2. The number of hydrogen-bond donors (Lipinski definition) is 1. The molecule has 0 saturated carbocycles. The number of aryl methyl sites for hydroxylation is 1. The summed E-state index contributed by atoms with van der Waals surface area (Å²) in [6.07, 6.45) is 1.93. The van der Waals surface area contributed by atoms with Crippen LogP contribution >= 0.6 is 11.8 Å². The SMILES string of the molecule is Cc1cn(-c2ccc(C(C)(C)C)cc2)c(SCC(=O)O)n1. The van der Waals surface area contributed by atoms with E-state index in [1.807, 2.05) is 29.8 Å². The van der Waals surface area contributed by atoms with E-state index >= 15 is 0 Å². The Morgan fingerprint density at radius 2 is 1.90 bits per heavy atom. The molecule has 2 rings (SSSR count). The van der Waals surface area contributed by atoms with E-state index in [0.29, 0.717) is 5.16 Å². The van der Waals surface area contributed by atoms with Crippen LogP contribution in [0.1, 0.15) is 32.0 Å². The van der Waals surface area contributed by atoms with Crippen molar-refractivity contribution in [1.82, 2.24) is 9.55 Å². The first kappa shape index (κ1) is 15.6. The molecule has 0 aliphatic heterocycles. The number of carboxylic acids is 1. The van der Waals surface area contributed by atoms with E-state index < -0.39 is 5.97 Å². The summed E-state index contributed by atoms with van der Waals surface area (Å²) in [6.45, 7) is 8.44. The average Bonchev–Trinajstić information content (AvgIpc) is 2.77. The molecule has 0 bridgehead atoms. The second kappa shape index (κ2) is 5.93. The highest BCUT2D eigenvalue weighted by Gasteiger charge is 2.14. The second-order valence-electron chi connectivity index (χ2n) is 6.01. The molecule has 0 amide bonds. The number of carboxylic acid groups (broad SMARTS) is 1. The van der Waals surface area contributed by atoms with Crippen LogP contribution in [0.3, 0.4) is 0 Å². The van der Waals surface area contributed by atoms with Crippen molar-refractivity contribution in [1.29, 1.82) is 0 Å². The first-order chi connectivity index (χ1) is 9.77. The van der Waals surface area contributed by atoms with Gasteiger partial charge in [-0.05, 0) is 30.0 Å². The van der Waals surface area contributed by atoms with Gasteiger partial charge in [-0.1, -0.05) is 44.7 Å². The average molecular weight is 304 g/mol. The van der Waals surface area contributed by atoms with Gasteiger partial charge in [0.25, 0.3) is 0 Å². The van der Waals surface area contributed by atoms with Crippen molar-refractivity contribution in [3.8, 4) is 5.69 Å². The summed E-state index contributed by atoms with van der Waals surface area (Å²) < 4.78 is 1.94.